The molecule has 2 heterocycles. The van der Waals surface area contributed by atoms with Crippen molar-refractivity contribution in [2.24, 2.45) is 0 Å². The Labute approximate surface area is 216 Å². The van der Waals surface area contributed by atoms with Gasteiger partial charge >= 0.3 is 0 Å². The molecule has 0 spiro atoms. The summed E-state index contributed by atoms with van der Waals surface area (Å²) in [5.41, 5.74) is 1.66. The van der Waals surface area contributed by atoms with Crippen molar-refractivity contribution >= 4 is 44.5 Å². The molecule has 0 aliphatic carbocycles. The Kier molecular flexibility index (Phi) is 6.20. The maximum absolute atomic E-state index is 13.7. The number of ketones is 2. The molecule has 0 aliphatic rings. The molecule has 192 valence electrons. The molecule has 38 heavy (non-hydrogen) atoms. The van der Waals surface area contributed by atoms with E-state index in [1.54, 1.807) is 24.3 Å². The predicted octanol–water partition coefficient (Wildman–Crippen LogP) is 5.72. The summed E-state index contributed by atoms with van der Waals surface area (Å²) in [4.78, 5) is 53.1. The summed E-state index contributed by atoms with van der Waals surface area (Å²) in [6.45, 7) is 6.41. The summed E-state index contributed by atoms with van der Waals surface area (Å²) in [7, 11) is 1.49. The number of hydrogen-bond donors (Lipinski definition) is 0. The minimum absolute atomic E-state index is 0.00296. The Balaban J connectivity index is 1.89. The Morgan fingerprint density at radius 3 is 2.26 bits per heavy atom. The lowest BCUT2D eigenvalue weighted by atomic mass is 9.88. The fourth-order valence-corrected chi connectivity index (χ4v) is 4.64. The Morgan fingerprint density at radius 2 is 1.58 bits per heavy atom. The van der Waals surface area contributed by atoms with E-state index in [9.17, 15) is 19.2 Å². The van der Waals surface area contributed by atoms with Crippen LogP contribution < -0.4 is 15.6 Å². The van der Waals surface area contributed by atoms with Gasteiger partial charge in [-0.2, -0.15) is 0 Å². The van der Waals surface area contributed by atoms with Gasteiger partial charge in [-0.3, -0.25) is 19.2 Å². The lowest BCUT2D eigenvalue weighted by Crippen LogP contribution is -2.14. The van der Waals surface area contributed by atoms with Crippen molar-refractivity contribution in [3.05, 3.63) is 85.4 Å². The molecule has 0 N–H and O–H groups in total. The first kappa shape index (κ1) is 25.1. The summed E-state index contributed by atoms with van der Waals surface area (Å²) in [6, 6.07) is 9.54. The van der Waals surface area contributed by atoms with Crippen LogP contribution in [0.5, 0.6) is 5.75 Å². The highest BCUT2D eigenvalue weighted by atomic mass is 16.7. The summed E-state index contributed by atoms with van der Waals surface area (Å²) in [5.74, 6) is -0.456. The fourth-order valence-electron chi connectivity index (χ4n) is 4.64. The SMILES string of the molecule is COCOc1ccc2c(=O)c(-c3c(C(C)=O)cc4c(=O)c5cc(C)c(C)cc5oc4c3C(C)=O)coc2c1. The molecular weight excluding hydrogens is 488 g/mol. The van der Waals surface area contributed by atoms with Gasteiger partial charge in [-0.05, 0) is 69.2 Å². The normalized spacial score (nSPS) is 11.4. The number of carbonyl (C=O) groups excluding carboxylic acids is 2. The zero-order valence-corrected chi connectivity index (χ0v) is 21.5. The van der Waals surface area contributed by atoms with E-state index in [-0.39, 0.29) is 56.4 Å². The summed E-state index contributed by atoms with van der Waals surface area (Å²) < 4.78 is 22.2. The number of fused-ring (bicyclic) bond motifs is 3. The standard InChI is InChI=1S/C30H24O8/c1-14-8-21-25(9-15(14)2)38-30-22(29(21)34)11-20(16(3)31)27(26(30)17(4)32)23-12-36-24-10-18(37-13-35-5)6-7-19(24)28(23)33/h6-12H,13H2,1-5H3. The number of benzene rings is 3. The molecule has 0 aliphatic heterocycles. The van der Waals surface area contributed by atoms with Crippen LogP contribution in [-0.4, -0.2) is 25.5 Å². The van der Waals surface area contributed by atoms with E-state index in [1.165, 1.54) is 39.4 Å². The van der Waals surface area contributed by atoms with Gasteiger partial charge in [0.15, 0.2) is 18.4 Å². The highest BCUT2D eigenvalue weighted by Crippen LogP contribution is 2.35. The number of ether oxygens (including phenoxy) is 2. The second-order valence-electron chi connectivity index (χ2n) is 9.21. The van der Waals surface area contributed by atoms with E-state index in [0.29, 0.717) is 16.7 Å². The van der Waals surface area contributed by atoms with Gasteiger partial charge in [0.25, 0.3) is 0 Å². The molecule has 0 atom stereocenters. The lowest BCUT2D eigenvalue weighted by Gasteiger charge is -2.15. The van der Waals surface area contributed by atoms with Crippen LogP contribution in [0.1, 0.15) is 45.7 Å². The molecule has 3 aromatic carbocycles. The molecule has 5 aromatic rings. The topological polar surface area (TPSA) is 113 Å². The third-order valence-electron chi connectivity index (χ3n) is 6.67. The maximum Gasteiger partial charge on any atom is 0.200 e. The van der Waals surface area contributed by atoms with E-state index in [0.717, 1.165) is 11.1 Å². The molecule has 0 radical (unpaired) electrons. The Hall–Kier alpha value is -4.56. The van der Waals surface area contributed by atoms with Crippen molar-refractivity contribution in [3.63, 3.8) is 0 Å². The zero-order chi connectivity index (χ0) is 27.3. The fraction of sp³-hybridized carbons (Fsp3) is 0.200. The molecule has 0 saturated carbocycles. The quantitative estimate of drug-likeness (QED) is 0.161. The van der Waals surface area contributed by atoms with E-state index in [2.05, 4.69) is 0 Å². The van der Waals surface area contributed by atoms with Crippen LogP contribution in [0.3, 0.4) is 0 Å². The van der Waals surface area contributed by atoms with Crippen LogP contribution in [0.15, 0.2) is 61.1 Å². The van der Waals surface area contributed by atoms with E-state index in [4.69, 9.17) is 18.3 Å². The van der Waals surface area contributed by atoms with Crippen molar-refractivity contribution < 1.29 is 27.9 Å². The maximum atomic E-state index is 13.7. The summed E-state index contributed by atoms with van der Waals surface area (Å²) in [6.07, 6.45) is 1.21. The van der Waals surface area contributed by atoms with Crippen LogP contribution in [0.2, 0.25) is 0 Å². The minimum Gasteiger partial charge on any atom is -0.467 e. The highest BCUT2D eigenvalue weighted by Gasteiger charge is 2.27. The van der Waals surface area contributed by atoms with Crippen LogP contribution in [0.25, 0.3) is 44.0 Å². The molecule has 0 amide bonds. The van der Waals surface area contributed by atoms with Crippen molar-refractivity contribution in [1.82, 2.24) is 0 Å². The van der Waals surface area contributed by atoms with Crippen molar-refractivity contribution in [3.8, 4) is 16.9 Å². The first-order valence-electron chi connectivity index (χ1n) is 11.9. The van der Waals surface area contributed by atoms with Crippen molar-refractivity contribution in [2.45, 2.75) is 27.7 Å². The summed E-state index contributed by atoms with van der Waals surface area (Å²) in [5, 5.41) is 0.654. The second-order valence-corrected chi connectivity index (χ2v) is 9.21. The smallest absolute Gasteiger partial charge is 0.200 e. The zero-order valence-electron chi connectivity index (χ0n) is 21.5. The van der Waals surface area contributed by atoms with Gasteiger partial charge in [-0.25, -0.2) is 0 Å². The number of aryl methyl sites for hydroxylation is 2. The first-order valence-corrected chi connectivity index (χ1v) is 11.9. The number of Topliss-reactive ketones (excluding diaryl/α,β-unsaturated/α-hetero) is 2. The minimum atomic E-state index is -0.470. The highest BCUT2D eigenvalue weighted by molar-refractivity contribution is 6.17. The van der Waals surface area contributed by atoms with Gasteiger partial charge in [0, 0.05) is 24.3 Å². The lowest BCUT2D eigenvalue weighted by molar-refractivity contribution is 0.0512. The number of hydrogen-bond acceptors (Lipinski definition) is 8. The van der Waals surface area contributed by atoms with E-state index in [1.807, 2.05) is 13.8 Å². The molecule has 0 unspecified atom stereocenters. The van der Waals surface area contributed by atoms with Crippen molar-refractivity contribution in [2.75, 3.05) is 13.9 Å². The average Bonchev–Trinajstić information content (AvgIpc) is 2.88. The number of rotatable bonds is 6. The molecular formula is C30H24O8. The third kappa shape index (κ3) is 3.99. The van der Waals surface area contributed by atoms with E-state index < -0.39 is 17.0 Å². The molecule has 0 saturated heterocycles. The summed E-state index contributed by atoms with van der Waals surface area (Å²) >= 11 is 0. The molecule has 8 nitrogen and oxygen atoms in total. The number of methoxy groups -OCH3 is 1. The Morgan fingerprint density at radius 1 is 0.842 bits per heavy atom. The van der Waals surface area contributed by atoms with Gasteiger partial charge in [0.05, 0.1) is 27.3 Å². The van der Waals surface area contributed by atoms with Gasteiger partial charge in [0.1, 0.15) is 28.8 Å². The molecule has 0 fully saturated rings. The molecule has 0 bridgehead atoms. The molecule has 2 aromatic heterocycles. The van der Waals surface area contributed by atoms with Gasteiger partial charge < -0.3 is 18.3 Å². The van der Waals surface area contributed by atoms with Crippen LogP contribution in [0, 0.1) is 13.8 Å². The van der Waals surface area contributed by atoms with Crippen LogP contribution in [-0.2, 0) is 4.74 Å². The second kappa shape index (κ2) is 9.39. The van der Waals surface area contributed by atoms with Crippen LogP contribution >= 0.6 is 0 Å². The largest absolute Gasteiger partial charge is 0.467 e. The van der Waals surface area contributed by atoms with Gasteiger partial charge in [-0.1, -0.05) is 0 Å². The first-order chi connectivity index (χ1) is 18.1. The Bertz CT molecular complexity index is 1920. The predicted molar refractivity (Wildman–Crippen MR) is 143 cm³/mol. The monoisotopic (exact) mass is 512 g/mol. The van der Waals surface area contributed by atoms with Gasteiger partial charge in [0.2, 0.25) is 10.9 Å². The molecule has 8 heteroatoms. The average molecular weight is 513 g/mol. The van der Waals surface area contributed by atoms with E-state index >= 15 is 0 Å². The third-order valence-corrected chi connectivity index (χ3v) is 6.67. The van der Waals surface area contributed by atoms with Crippen molar-refractivity contribution in [1.29, 1.82) is 0 Å². The van der Waals surface area contributed by atoms with Crippen LogP contribution in [0.4, 0.5) is 0 Å². The molecule has 5 rings (SSSR count). The number of carbonyl (C=O) groups is 2. The van der Waals surface area contributed by atoms with Gasteiger partial charge in [-0.15, -0.1) is 0 Å².